The number of rotatable bonds is 5. The van der Waals surface area contributed by atoms with Gasteiger partial charge in [0.1, 0.15) is 0 Å². The number of anilines is 2. The Hall–Kier alpha value is -2.63. The Labute approximate surface area is 141 Å². The first-order valence-electron chi connectivity index (χ1n) is 7.99. The van der Waals surface area contributed by atoms with Gasteiger partial charge in [-0.1, -0.05) is 12.2 Å². The molecular formula is C18H22N2O4. The SMILES string of the molecule is CC(=O)Nc1ccc(NC(=O)[C@H](C)OC(=O)[C@H]2CC=CCC2)cc1. The molecule has 0 fully saturated rings. The zero-order valence-corrected chi connectivity index (χ0v) is 13.9. The number of esters is 1. The lowest BCUT2D eigenvalue weighted by Crippen LogP contribution is -2.32. The highest BCUT2D eigenvalue weighted by Crippen LogP contribution is 2.20. The predicted molar refractivity (Wildman–Crippen MR) is 91.4 cm³/mol. The van der Waals surface area contributed by atoms with Gasteiger partial charge in [0, 0.05) is 18.3 Å². The molecule has 1 aliphatic carbocycles. The molecule has 24 heavy (non-hydrogen) atoms. The van der Waals surface area contributed by atoms with E-state index < -0.39 is 6.10 Å². The van der Waals surface area contributed by atoms with Gasteiger partial charge in [0.25, 0.3) is 5.91 Å². The molecule has 1 aromatic rings. The van der Waals surface area contributed by atoms with Gasteiger partial charge in [0.15, 0.2) is 6.10 Å². The summed E-state index contributed by atoms with van der Waals surface area (Å²) in [7, 11) is 0. The Morgan fingerprint density at radius 2 is 1.71 bits per heavy atom. The maximum absolute atomic E-state index is 12.1. The van der Waals surface area contributed by atoms with Crippen LogP contribution in [0.4, 0.5) is 11.4 Å². The van der Waals surface area contributed by atoms with Crippen LogP contribution in [0, 0.1) is 5.92 Å². The number of amides is 2. The van der Waals surface area contributed by atoms with Crippen molar-refractivity contribution in [3.8, 4) is 0 Å². The summed E-state index contributed by atoms with van der Waals surface area (Å²) < 4.78 is 5.26. The smallest absolute Gasteiger partial charge is 0.310 e. The molecule has 2 N–H and O–H groups in total. The van der Waals surface area contributed by atoms with Crippen molar-refractivity contribution < 1.29 is 19.1 Å². The Balaban J connectivity index is 1.85. The van der Waals surface area contributed by atoms with Crippen LogP contribution in [0.3, 0.4) is 0 Å². The molecule has 0 aromatic heterocycles. The molecule has 0 radical (unpaired) electrons. The van der Waals surface area contributed by atoms with Crippen molar-refractivity contribution in [2.24, 2.45) is 5.92 Å². The van der Waals surface area contributed by atoms with Crippen LogP contribution in [0.1, 0.15) is 33.1 Å². The average molecular weight is 330 g/mol. The first-order valence-corrected chi connectivity index (χ1v) is 7.99. The lowest BCUT2D eigenvalue weighted by atomic mass is 9.95. The standard InChI is InChI=1S/C18H22N2O4/c1-12(24-18(23)14-6-4-3-5-7-14)17(22)20-16-10-8-15(9-11-16)19-13(2)21/h3-4,8-12,14H,5-7H2,1-2H3,(H,19,21)(H,20,22)/t12-,14-/m0/s1. The monoisotopic (exact) mass is 330 g/mol. The molecule has 0 aliphatic heterocycles. The van der Waals surface area contributed by atoms with Gasteiger partial charge in [0.05, 0.1) is 5.92 Å². The molecule has 0 unspecified atom stereocenters. The summed E-state index contributed by atoms with van der Waals surface area (Å²) in [4.78, 5) is 35.1. The zero-order chi connectivity index (χ0) is 17.5. The molecule has 2 amide bonds. The van der Waals surface area contributed by atoms with Crippen molar-refractivity contribution in [2.75, 3.05) is 10.6 Å². The van der Waals surface area contributed by atoms with E-state index in [-0.39, 0.29) is 23.7 Å². The summed E-state index contributed by atoms with van der Waals surface area (Å²) in [6.07, 6.45) is 5.44. The Kier molecular flexibility index (Phi) is 6.12. The fourth-order valence-corrected chi connectivity index (χ4v) is 2.42. The van der Waals surface area contributed by atoms with Crippen LogP contribution >= 0.6 is 0 Å². The third kappa shape index (κ3) is 5.22. The van der Waals surface area contributed by atoms with E-state index in [2.05, 4.69) is 10.6 Å². The van der Waals surface area contributed by atoms with Gasteiger partial charge in [0.2, 0.25) is 5.91 Å². The molecular weight excluding hydrogens is 308 g/mol. The molecule has 2 atom stereocenters. The topological polar surface area (TPSA) is 84.5 Å². The minimum absolute atomic E-state index is 0.162. The van der Waals surface area contributed by atoms with Crippen molar-refractivity contribution in [2.45, 2.75) is 39.2 Å². The van der Waals surface area contributed by atoms with E-state index in [0.717, 1.165) is 12.8 Å². The Morgan fingerprint density at radius 3 is 2.25 bits per heavy atom. The molecule has 0 saturated heterocycles. The predicted octanol–water partition coefficient (Wildman–Crippen LogP) is 2.87. The Bertz CT molecular complexity index is 637. The van der Waals surface area contributed by atoms with Gasteiger partial charge >= 0.3 is 5.97 Å². The van der Waals surface area contributed by atoms with Gasteiger partial charge in [-0.25, -0.2) is 0 Å². The third-order valence-electron chi connectivity index (χ3n) is 3.74. The van der Waals surface area contributed by atoms with E-state index >= 15 is 0 Å². The molecule has 1 aliphatic rings. The van der Waals surface area contributed by atoms with E-state index in [1.54, 1.807) is 31.2 Å². The fraction of sp³-hybridized carbons (Fsp3) is 0.389. The molecule has 128 valence electrons. The second-order valence-electron chi connectivity index (χ2n) is 5.81. The van der Waals surface area contributed by atoms with Crippen molar-refractivity contribution in [3.05, 3.63) is 36.4 Å². The summed E-state index contributed by atoms with van der Waals surface area (Å²) in [6, 6.07) is 6.71. The first-order chi connectivity index (χ1) is 11.5. The fourth-order valence-electron chi connectivity index (χ4n) is 2.42. The Morgan fingerprint density at radius 1 is 1.08 bits per heavy atom. The van der Waals surface area contributed by atoms with Crippen molar-refractivity contribution >= 4 is 29.2 Å². The number of hydrogen-bond donors (Lipinski definition) is 2. The summed E-state index contributed by atoms with van der Waals surface area (Å²) >= 11 is 0. The van der Waals surface area contributed by atoms with Gasteiger partial charge in [-0.15, -0.1) is 0 Å². The van der Waals surface area contributed by atoms with E-state index in [0.29, 0.717) is 17.8 Å². The number of ether oxygens (including phenoxy) is 1. The summed E-state index contributed by atoms with van der Waals surface area (Å²) in [5.74, 6) is -1.04. The second kappa shape index (κ2) is 8.29. The van der Waals surface area contributed by atoms with Gasteiger partial charge in [-0.05, 0) is 50.5 Å². The van der Waals surface area contributed by atoms with E-state index in [1.807, 2.05) is 12.2 Å². The molecule has 0 spiro atoms. The number of nitrogens with one attached hydrogen (secondary N) is 2. The molecule has 6 heteroatoms. The number of carbonyl (C=O) groups is 3. The van der Waals surface area contributed by atoms with Crippen LogP contribution in [0.5, 0.6) is 0 Å². The highest BCUT2D eigenvalue weighted by molar-refractivity contribution is 5.95. The minimum atomic E-state index is -0.863. The average Bonchev–Trinajstić information content (AvgIpc) is 2.56. The van der Waals surface area contributed by atoms with Crippen LogP contribution in [0.2, 0.25) is 0 Å². The van der Waals surface area contributed by atoms with Crippen molar-refractivity contribution in [1.29, 1.82) is 0 Å². The van der Waals surface area contributed by atoms with Crippen LogP contribution in [0.15, 0.2) is 36.4 Å². The molecule has 2 rings (SSSR count). The quantitative estimate of drug-likeness (QED) is 0.642. The van der Waals surface area contributed by atoms with Crippen molar-refractivity contribution in [3.63, 3.8) is 0 Å². The van der Waals surface area contributed by atoms with Crippen LogP contribution in [0.25, 0.3) is 0 Å². The number of carbonyl (C=O) groups excluding carboxylic acids is 3. The van der Waals surface area contributed by atoms with Crippen LogP contribution in [-0.4, -0.2) is 23.9 Å². The third-order valence-corrected chi connectivity index (χ3v) is 3.74. The van der Waals surface area contributed by atoms with Gasteiger partial charge in [-0.2, -0.15) is 0 Å². The molecule has 0 heterocycles. The van der Waals surface area contributed by atoms with Crippen LogP contribution in [-0.2, 0) is 19.1 Å². The zero-order valence-electron chi connectivity index (χ0n) is 13.9. The van der Waals surface area contributed by atoms with Gasteiger partial charge < -0.3 is 15.4 Å². The largest absolute Gasteiger partial charge is 0.452 e. The van der Waals surface area contributed by atoms with Crippen molar-refractivity contribution in [1.82, 2.24) is 0 Å². The lowest BCUT2D eigenvalue weighted by molar-refractivity contribution is -0.157. The summed E-state index contributed by atoms with van der Waals surface area (Å²) in [6.45, 7) is 2.98. The van der Waals surface area contributed by atoms with E-state index in [4.69, 9.17) is 4.74 Å². The second-order valence-corrected chi connectivity index (χ2v) is 5.81. The molecule has 6 nitrogen and oxygen atoms in total. The lowest BCUT2D eigenvalue weighted by Gasteiger charge is -2.19. The molecule has 0 saturated carbocycles. The minimum Gasteiger partial charge on any atom is -0.452 e. The highest BCUT2D eigenvalue weighted by atomic mass is 16.5. The van der Waals surface area contributed by atoms with Gasteiger partial charge in [-0.3, -0.25) is 14.4 Å². The number of allylic oxidation sites excluding steroid dienone is 2. The summed E-state index contributed by atoms with van der Waals surface area (Å²) in [5, 5.41) is 5.33. The normalized spacial score (nSPS) is 17.7. The highest BCUT2D eigenvalue weighted by Gasteiger charge is 2.25. The molecule has 0 bridgehead atoms. The number of benzene rings is 1. The molecule has 1 aromatic carbocycles. The summed E-state index contributed by atoms with van der Waals surface area (Å²) in [5.41, 5.74) is 1.21. The van der Waals surface area contributed by atoms with Crippen LogP contribution < -0.4 is 10.6 Å². The number of hydrogen-bond acceptors (Lipinski definition) is 4. The van der Waals surface area contributed by atoms with E-state index in [9.17, 15) is 14.4 Å². The maximum Gasteiger partial charge on any atom is 0.310 e. The first kappa shape index (κ1) is 17.7. The van der Waals surface area contributed by atoms with E-state index in [1.165, 1.54) is 6.92 Å². The maximum atomic E-state index is 12.1.